The minimum atomic E-state index is -0.604. The summed E-state index contributed by atoms with van der Waals surface area (Å²) in [7, 11) is 0. The first-order valence-electron chi connectivity index (χ1n) is 18.8. The van der Waals surface area contributed by atoms with Crippen molar-refractivity contribution in [2.75, 3.05) is 4.90 Å². The molecule has 0 saturated carbocycles. The zero-order valence-electron chi connectivity index (χ0n) is 29.9. The number of allylic oxidation sites excluding steroid dienone is 2. The first kappa shape index (κ1) is 31.8. The van der Waals surface area contributed by atoms with Gasteiger partial charge >= 0.3 is 0 Å². The van der Waals surface area contributed by atoms with Crippen molar-refractivity contribution in [3.05, 3.63) is 229 Å². The highest BCUT2D eigenvalue weighted by Crippen LogP contribution is 2.53. The van der Waals surface area contributed by atoms with Gasteiger partial charge < -0.3 is 4.90 Å². The maximum absolute atomic E-state index is 3.84. The topological polar surface area (TPSA) is 3.24 Å². The lowest BCUT2D eigenvalue weighted by atomic mass is 9.73. The molecule has 1 nitrogen and oxygen atoms in total. The van der Waals surface area contributed by atoms with Crippen LogP contribution in [0.3, 0.4) is 0 Å². The van der Waals surface area contributed by atoms with E-state index in [9.17, 15) is 0 Å². The van der Waals surface area contributed by atoms with E-state index in [-0.39, 0.29) is 6.04 Å². The molecule has 2 aliphatic carbocycles. The zero-order valence-corrected chi connectivity index (χ0v) is 29.9. The molecule has 2 aliphatic rings. The molecule has 0 bridgehead atoms. The van der Waals surface area contributed by atoms with Gasteiger partial charge in [0.2, 0.25) is 0 Å². The summed E-state index contributed by atoms with van der Waals surface area (Å²) < 4.78 is 0. The standard InChI is InChI=1S/C53H37N/c1-4-14-38(15-5-1)34-35-53(43-17-6-2-7-18-43)51-23-13-12-22-48(51)50-37-46(32-33-52(50)53)54(44-19-8-3-9-20-44)45-30-28-39(29-31-45)42-27-26-41-25-24-40-16-10-11-21-47(40)49(41)36-42/h1-19,21-33,36-37,44H,20H2. The maximum Gasteiger partial charge on any atom is 0.108 e. The fraction of sp³-hybridized carbons (Fsp3) is 0.0566. The first-order chi connectivity index (χ1) is 26.8. The van der Waals surface area contributed by atoms with Gasteiger partial charge in [-0.1, -0.05) is 176 Å². The van der Waals surface area contributed by atoms with Gasteiger partial charge in [0.25, 0.3) is 0 Å². The molecule has 0 amide bonds. The summed E-state index contributed by atoms with van der Waals surface area (Å²) >= 11 is 0. The fourth-order valence-electron chi connectivity index (χ4n) is 8.60. The average Bonchev–Trinajstić information content (AvgIpc) is 3.54. The van der Waals surface area contributed by atoms with Gasteiger partial charge in [-0.3, -0.25) is 0 Å². The molecule has 254 valence electrons. The average molecular weight is 688 g/mol. The van der Waals surface area contributed by atoms with Crippen LogP contribution in [0.2, 0.25) is 0 Å². The minimum absolute atomic E-state index is 0.180. The molecule has 1 heteroatoms. The molecule has 0 saturated heterocycles. The maximum atomic E-state index is 3.84. The summed E-state index contributed by atoms with van der Waals surface area (Å²) in [5.74, 6) is 7.43. The van der Waals surface area contributed by atoms with Crippen LogP contribution in [-0.2, 0) is 5.41 Å². The molecule has 8 aromatic carbocycles. The van der Waals surface area contributed by atoms with Gasteiger partial charge in [-0.2, -0.15) is 0 Å². The first-order valence-corrected chi connectivity index (χ1v) is 18.8. The van der Waals surface area contributed by atoms with Crippen molar-refractivity contribution in [1.29, 1.82) is 0 Å². The van der Waals surface area contributed by atoms with Gasteiger partial charge in [0.1, 0.15) is 5.41 Å². The van der Waals surface area contributed by atoms with Crippen molar-refractivity contribution in [2.24, 2.45) is 0 Å². The van der Waals surface area contributed by atoms with Crippen LogP contribution < -0.4 is 4.90 Å². The summed E-state index contributed by atoms with van der Waals surface area (Å²) in [5, 5.41) is 5.10. The van der Waals surface area contributed by atoms with E-state index < -0.39 is 5.41 Å². The molecule has 0 N–H and O–H groups in total. The number of fused-ring (bicyclic) bond motifs is 6. The number of benzene rings is 8. The predicted molar refractivity (Wildman–Crippen MR) is 227 cm³/mol. The smallest absolute Gasteiger partial charge is 0.108 e. The number of hydrogen-bond acceptors (Lipinski definition) is 1. The number of nitrogens with zero attached hydrogens (tertiary/aromatic N) is 1. The Kier molecular flexibility index (Phi) is 7.82. The molecule has 2 unspecified atom stereocenters. The number of rotatable bonds is 5. The molecule has 2 atom stereocenters. The third-order valence-corrected chi connectivity index (χ3v) is 11.2. The molecule has 0 aliphatic heterocycles. The third-order valence-electron chi connectivity index (χ3n) is 11.2. The molecule has 0 fully saturated rings. The molecule has 0 radical (unpaired) electrons. The summed E-state index contributed by atoms with van der Waals surface area (Å²) in [6.45, 7) is 0. The van der Waals surface area contributed by atoms with Gasteiger partial charge in [0.05, 0.1) is 6.04 Å². The minimum Gasteiger partial charge on any atom is -0.334 e. The second kappa shape index (κ2) is 13.3. The van der Waals surface area contributed by atoms with Crippen molar-refractivity contribution in [2.45, 2.75) is 17.9 Å². The predicted octanol–water partition coefficient (Wildman–Crippen LogP) is 13.0. The molecule has 0 aromatic heterocycles. The molecule has 8 aromatic rings. The Morgan fingerprint density at radius 1 is 0.500 bits per heavy atom. The van der Waals surface area contributed by atoms with Crippen molar-refractivity contribution in [3.8, 4) is 34.1 Å². The Labute approximate surface area is 317 Å². The highest BCUT2D eigenvalue weighted by Gasteiger charge is 2.44. The van der Waals surface area contributed by atoms with Crippen molar-refractivity contribution in [3.63, 3.8) is 0 Å². The van der Waals surface area contributed by atoms with E-state index in [0.29, 0.717) is 0 Å². The lowest BCUT2D eigenvalue weighted by Crippen LogP contribution is -2.30. The van der Waals surface area contributed by atoms with E-state index in [1.54, 1.807) is 0 Å². The quantitative estimate of drug-likeness (QED) is 0.129. The van der Waals surface area contributed by atoms with Crippen LogP contribution >= 0.6 is 0 Å². The van der Waals surface area contributed by atoms with E-state index in [1.807, 2.05) is 6.07 Å². The van der Waals surface area contributed by atoms with E-state index in [2.05, 4.69) is 217 Å². The van der Waals surface area contributed by atoms with Gasteiger partial charge in [0, 0.05) is 16.9 Å². The molecule has 0 heterocycles. The largest absolute Gasteiger partial charge is 0.334 e. The lowest BCUT2D eigenvalue weighted by molar-refractivity contribution is 0.784. The van der Waals surface area contributed by atoms with E-state index in [4.69, 9.17) is 0 Å². The number of hydrogen-bond donors (Lipinski definition) is 0. The van der Waals surface area contributed by atoms with Crippen LogP contribution in [0.15, 0.2) is 206 Å². The Morgan fingerprint density at radius 2 is 1.17 bits per heavy atom. The van der Waals surface area contributed by atoms with Crippen molar-refractivity contribution >= 4 is 32.9 Å². The Morgan fingerprint density at radius 3 is 1.98 bits per heavy atom. The van der Waals surface area contributed by atoms with Gasteiger partial charge in [-0.25, -0.2) is 0 Å². The van der Waals surface area contributed by atoms with Crippen LogP contribution in [0.4, 0.5) is 11.4 Å². The highest BCUT2D eigenvalue weighted by molar-refractivity contribution is 6.08. The Balaban J connectivity index is 1.09. The highest BCUT2D eigenvalue weighted by atomic mass is 15.2. The summed E-state index contributed by atoms with van der Waals surface area (Å²) in [4.78, 5) is 2.50. The summed E-state index contributed by atoms with van der Waals surface area (Å²) in [6.07, 6.45) is 9.86. The SMILES string of the molecule is C(#CC1(c2ccccc2)c2ccccc2-c2cc(N(c3ccc(-c4ccc5ccc6ccccc6c5c4)cc3)C3C=CC=CC3)ccc21)c1ccccc1. The monoisotopic (exact) mass is 687 g/mol. The summed E-state index contributed by atoms with van der Waals surface area (Å²) in [5.41, 5.74) is 11.3. The summed E-state index contributed by atoms with van der Waals surface area (Å²) in [6, 6.07) is 66.3. The van der Waals surface area contributed by atoms with Crippen LogP contribution in [-0.4, -0.2) is 6.04 Å². The second-order valence-electron chi connectivity index (χ2n) is 14.3. The van der Waals surface area contributed by atoms with Gasteiger partial charge in [0.15, 0.2) is 0 Å². The fourth-order valence-corrected chi connectivity index (χ4v) is 8.60. The third kappa shape index (κ3) is 5.35. The molecule has 0 spiro atoms. The van der Waals surface area contributed by atoms with Gasteiger partial charge in [-0.05, 0) is 109 Å². The van der Waals surface area contributed by atoms with Crippen LogP contribution in [0.1, 0.15) is 28.7 Å². The lowest BCUT2D eigenvalue weighted by Gasteiger charge is -2.33. The van der Waals surface area contributed by atoms with Crippen LogP contribution in [0.5, 0.6) is 0 Å². The second-order valence-corrected chi connectivity index (χ2v) is 14.3. The molecular weight excluding hydrogens is 651 g/mol. The number of anilines is 2. The van der Waals surface area contributed by atoms with Crippen LogP contribution in [0.25, 0.3) is 43.8 Å². The Hall–Kier alpha value is -6.88. The van der Waals surface area contributed by atoms with Gasteiger partial charge in [-0.15, -0.1) is 0 Å². The van der Waals surface area contributed by atoms with E-state index >= 15 is 0 Å². The van der Waals surface area contributed by atoms with E-state index in [1.165, 1.54) is 71.9 Å². The van der Waals surface area contributed by atoms with Crippen molar-refractivity contribution < 1.29 is 0 Å². The molecule has 54 heavy (non-hydrogen) atoms. The van der Waals surface area contributed by atoms with Crippen LogP contribution in [0, 0.1) is 11.8 Å². The molecular formula is C53H37N. The van der Waals surface area contributed by atoms with Crippen molar-refractivity contribution in [1.82, 2.24) is 0 Å². The normalized spacial score (nSPS) is 16.8. The van der Waals surface area contributed by atoms with E-state index in [0.717, 1.165) is 12.0 Å². The molecule has 10 rings (SSSR count). The zero-order chi connectivity index (χ0) is 35.9. The Bertz CT molecular complexity index is 2800.